The van der Waals surface area contributed by atoms with Crippen molar-refractivity contribution in [2.75, 3.05) is 13.7 Å². The highest BCUT2D eigenvalue weighted by Gasteiger charge is 2.36. The molecule has 1 heterocycles. The molecule has 1 N–H and O–H groups in total. The number of hydrogen-bond acceptors (Lipinski definition) is 3. The zero-order chi connectivity index (χ0) is 17.0. The van der Waals surface area contributed by atoms with E-state index < -0.39 is 29.3 Å². The predicted octanol–water partition coefficient (Wildman–Crippen LogP) is 4.07. The summed E-state index contributed by atoms with van der Waals surface area (Å²) in [6.07, 6.45) is -3.30. The summed E-state index contributed by atoms with van der Waals surface area (Å²) in [5.74, 6) is -0.518. The average molecular weight is 348 g/mol. The second-order valence-electron chi connectivity index (χ2n) is 4.68. The van der Waals surface area contributed by atoms with E-state index in [4.69, 9.17) is 20.8 Å². The van der Waals surface area contributed by atoms with Crippen molar-refractivity contribution in [2.45, 2.75) is 12.2 Å². The van der Waals surface area contributed by atoms with Crippen molar-refractivity contribution in [1.82, 2.24) is 5.32 Å². The minimum Gasteiger partial charge on any atom is -0.467 e. The molecular formula is C15H13ClF3NO3. The van der Waals surface area contributed by atoms with E-state index in [0.717, 1.165) is 6.07 Å². The van der Waals surface area contributed by atoms with Crippen molar-refractivity contribution in [2.24, 2.45) is 0 Å². The Morgan fingerprint density at radius 3 is 2.70 bits per heavy atom. The zero-order valence-electron chi connectivity index (χ0n) is 12.0. The van der Waals surface area contributed by atoms with Crippen LogP contribution in [0.2, 0.25) is 5.02 Å². The van der Waals surface area contributed by atoms with Gasteiger partial charge < -0.3 is 14.5 Å². The molecule has 8 heteroatoms. The van der Waals surface area contributed by atoms with Gasteiger partial charge in [0.15, 0.2) is 0 Å². The highest BCUT2D eigenvalue weighted by molar-refractivity contribution is 6.30. The predicted molar refractivity (Wildman–Crippen MR) is 77.2 cm³/mol. The van der Waals surface area contributed by atoms with E-state index in [0.29, 0.717) is 11.8 Å². The lowest BCUT2D eigenvalue weighted by molar-refractivity contribution is -0.137. The van der Waals surface area contributed by atoms with Gasteiger partial charge in [-0.25, -0.2) is 0 Å². The Balaban J connectivity index is 2.29. The smallest absolute Gasteiger partial charge is 0.417 e. The number of nitrogens with one attached hydrogen (secondary N) is 1. The zero-order valence-corrected chi connectivity index (χ0v) is 12.7. The lowest BCUT2D eigenvalue weighted by Crippen LogP contribution is -2.32. The number of hydrogen-bond donors (Lipinski definition) is 1. The minimum atomic E-state index is -4.70. The monoisotopic (exact) mass is 347 g/mol. The summed E-state index contributed by atoms with van der Waals surface area (Å²) >= 11 is 5.60. The average Bonchev–Trinajstić information content (AvgIpc) is 2.99. The number of benzene rings is 1. The normalized spacial score (nSPS) is 12.9. The van der Waals surface area contributed by atoms with Crippen molar-refractivity contribution >= 4 is 17.5 Å². The topological polar surface area (TPSA) is 51.5 Å². The molecule has 124 valence electrons. The Hall–Kier alpha value is -1.99. The molecule has 0 aliphatic carbocycles. The van der Waals surface area contributed by atoms with Crippen molar-refractivity contribution in [3.8, 4) is 0 Å². The third-order valence-electron chi connectivity index (χ3n) is 3.06. The van der Waals surface area contributed by atoms with Crippen LogP contribution in [0.1, 0.15) is 27.7 Å². The van der Waals surface area contributed by atoms with Crippen LogP contribution < -0.4 is 5.32 Å². The summed E-state index contributed by atoms with van der Waals surface area (Å²) in [4.78, 5) is 12.3. The maximum absolute atomic E-state index is 13.1. The third kappa shape index (κ3) is 4.27. The first-order valence-corrected chi connectivity index (χ1v) is 6.90. The lowest BCUT2D eigenvalue weighted by Gasteiger charge is -2.18. The number of amides is 1. The number of halogens is 4. The number of alkyl halides is 3. The summed E-state index contributed by atoms with van der Waals surface area (Å²) in [5.41, 5.74) is -1.62. The maximum Gasteiger partial charge on any atom is 0.417 e. The van der Waals surface area contributed by atoms with Gasteiger partial charge in [0.2, 0.25) is 0 Å². The second kappa shape index (κ2) is 7.06. The largest absolute Gasteiger partial charge is 0.467 e. The van der Waals surface area contributed by atoms with Gasteiger partial charge in [-0.05, 0) is 30.3 Å². The number of ether oxygens (including phenoxy) is 1. The highest BCUT2D eigenvalue weighted by atomic mass is 35.5. The molecular weight excluding hydrogens is 335 g/mol. The standard InChI is InChI=1S/C15H13ClF3NO3/c1-22-8-12(13-3-2-6-23-13)20-14(21)10-5-4-9(16)7-11(10)15(17,18)19/h2-7,12H,8H2,1H3,(H,20,21)/t12-/m1/s1. The van der Waals surface area contributed by atoms with Crippen LogP contribution in [0.25, 0.3) is 0 Å². The molecule has 2 rings (SSSR count). The van der Waals surface area contributed by atoms with Crippen LogP contribution >= 0.6 is 11.6 Å². The molecule has 1 aromatic carbocycles. The van der Waals surface area contributed by atoms with Crippen molar-refractivity contribution < 1.29 is 27.1 Å². The molecule has 0 aliphatic rings. The van der Waals surface area contributed by atoms with E-state index in [1.165, 1.54) is 19.4 Å². The van der Waals surface area contributed by atoms with Gasteiger partial charge in [0.1, 0.15) is 11.8 Å². The van der Waals surface area contributed by atoms with Crippen molar-refractivity contribution in [3.63, 3.8) is 0 Å². The fourth-order valence-electron chi connectivity index (χ4n) is 2.04. The van der Waals surface area contributed by atoms with Gasteiger partial charge in [-0.1, -0.05) is 11.6 Å². The van der Waals surface area contributed by atoms with Gasteiger partial charge in [0.05, 0.1) is 24.0 Å². The van der Waals surface area contributed by atoms with Crippen LogP contribution in [-0.4, -0.2) is 19.6 Å². The molecule has 23 heavy (non-hydrogen) atoms. The maximum atomic E-state index is 13.1. The molecule has 0 saturated heterocycles. The Labute approximate surface area is 135 Å². The lowest BCUT2D eigenvalue weighted by atomic mass is 10.1. The van der Waals surface area contributed by atoms with Crippen LogP contribution in [0.3, 0.4) is 0 Å². The molecule has 4 nitrogen and oxygen atoms in total. The first-order valence-electron chi connectivity index (χ1n) is 6.53. The van der Waals surface area contributed by atoms with Gasteiger partial charge in [0, 0.05) is 12.1 Å². The fourth-order valence-corrected chi connectivity index (χ4v) is 2.21. The van der Waals surface area contributed by atoms with Crippen molar-refractivity contribution in [3.05, 3.63) is 58.5 Å². The summed E-state index contributed by atoms with van der Waals surface area (Å²) in [5, 5.41) is 2.36. The van der Waals surface area contributed by atoms with Gasteiger partial charge in [0.25, 0.3) is 5.91 Å². The van der Waals surface area contributed by atoms with E-state index in [9.17, 15) is 18.0 Å². The molecule has 0 spiro atoms. The van der Waals surface area contributed by atoms with E-state index in [-0.39, 0.29) is 11.6 Å². The fraction of sp³-hybridized carbons (Fsp3) is 0.267. The Morgan fingerprint density at radius 2 is 2.13 bits per heavy atom. The van der Waals surface area contributed by atoms with Gasteiger partial charge >= 0.3 is 6.18 Å². The number of carbonyl (C=O) groups is 1. The Morgan fingerprint density at radius 1 is 1.39 bits per heavy atom. The molecule has 0 fully saturated rings. The quantitative estimate of drug-likeness (QED) is 0.887. The first-order chi connectivity index (χ1) is 10.8. The van der Waals surface area contributed by atoms with Gasteiger partial charge in [-0.15, -0.1) is 0 Å². The number of methoxy groups -OCH3 is 1. The molecule has 1 atom stereocenters. The van der Waals surface area contributed by atoms with Gasteiger partial charge in [-0.2, -0.15) is 13.2 Å². The number of furan rings is 1. The third-order valence-corrected chi connectivity index (χ3v) is 3.29. The van der Waals surface area contributed by atoms with Crippen LogP contribution in [0.5, 0.6) is 0 Å². The molecule has 0 bridgehead atoms. The summed E-state index contributed by atoms with van der Waals surface area (Å²) in [7, 11) is 1.41. The molecule has 0 radical (unpaired) electrons. The minimum absolute atomic E-state index is 0.0498. The van der Waals surface area contributed by atoms with Crippen LogP contribution in [0.4, 0.5) is 13.2 Å². The molecule has 0 aliphatic heterocycles. The number of rotatable bonds is 5. The van der Waals surface area contributed by atoms with E-state index in [1.54, 1.807) is 12.1 Å². The highest BCUT2D eigenvalue weighted by Crippen LogP contribution is 2.34. The van der Waals surface area contributed by atoms with Crippen molar-refractivity contribution in [1.29, 1.82) is 0 Å². The molecule has 2 aromatic rings. The van der Waals surface area contributed by atoms with E-state index in [2.05, 4.69) is 5.32 Å². The Bertz CT molecular complexity index is 671. The van der Waals surface area contributed by atoms with Crippen LogP contribution in [-0.2, 0) is 10.9 Å². The SMILES string of the molecule is COC[C@@H](NC(=O)c1ccc(Cl)cc1C(F)(F)F)c1ccco1. The Kier molecular flexibility index (Phi) is 5.33. The molecule has 1 amide bonds. The van der Waals surface area contributed by atoms with Crippen LogP contribution in [0.15, 0.2) is 41.0 Å². The van der Waals surface area contributed by atoms with Crippen LogP contribution in [0, 0.1) is 0 Å². The summed E-state index contributed by atoms with van der Waals surface area (Å²) in [6, 6.07) is 5.47. The summed E-state index contributed by atoms with van der Waals surface area (Å²) < 4.78 is 49.3. The van der Waals surface area contributed by atoms with E-state index >= 15 is 0 Å². The molecule has 1 aromatic heterocycles. The summed E-state index contributed by atoms with van der Waals surface area (Å²) in [6.45, 7) is 0.0498. The molecule has 0 unspecified atom stereocenters. The molecule has 0 saturated carbocycles. The van der Waals surface area contributed by atoms with Gasteiger partial charge in [-0.3, -0.25) is 4.79 Å². The first kappa shape index (κ1) is 17.4. The second-order valence-corrected chi connectivity index (χ2v) is 5.12. The van der Waals surface area contributed by atoms with E-state index in [1.807, 2.05) is 0 Å². The number of carbonyl (C=O) groups excluding carboxylic acids is 1.